The molecule has 1 fully saturated rings. The van der Waals surface area contributed by atoms with Crippen LogP contribution >= 0.6 is 0 Å². The maximum absolute atomic E-state index is 11.8. The number of nitro benzene ring substituents is 1. The molecule has 2 unspecified atom stereocenters. The van der Waals surface area contributed by atoms with Gasteiger partial charge >= 0.3 is 0 Å². The topological polar surface area (TPSA) is 105 Å². The van der Waals surface area contributed by atoms with Crippen molar-refractivity contribution in [3.8, 4) is 0 Å². The van der Waals surface area contributed by atoms with Gasteiger partial charge in [-0.25, -0.2) is 4.18 Å². The van der Waals surface area contributed by atoms with E-state index in [4.69, 9.17) is 13.7 Å². The SMILES string of the molecule is CC1OCC(OS(=O)(=O)c2ccc([N+](=O)[O-])cc2)O1. The van der Waals surface area contributed by atoms with Gasteiger partial charge < -0.3 is 9.47 Å². The number of nitrogens with zero attached hydrogens (tertiary/aromatic N) is 1. The summed E-state index contributed by atoms with van der Waals surface area (Å²) in [6.07, 6.45) is -1.53. The predicted molar refractivity (Wildman–Crippen MR) is 61.7 cm³/mol. The highest BCUT2D eigenvalue weighted by Gasteiger charge is 2.29. The van der Waals surface area contributed by atoms with Crippen LogP contribution in [-0.2, 0) is 23.8 Å². The van der Waals surface area contributed by atoms with Gasteiger partial charge in [0.15, 0.2) is 6.29 Å². The summed E-state index contributed by atoms with van der Waals surface area (Å²) in [4.78, 5) is 9.67. The number of hydrogen-bond acceptors (Lipinski definition) is 7. The van der Waals surface area contributed by atoms with Crippen molar-refractivity contribution in [2.75, 3.05) is 6.61 Å². The van der Waals surface area contributed by atoms with Crippen molar-refractivity contribution in [2.24, 2.45) is 0 Å². The van der Waals surface area contributed by atoms with E-state index < -0.39 is 27.6 Å². The van der Waals surface area contributed by atoms with Gasteiger partial charge in [0.2, 0.25) is 6.29 Å². The molecule has 1 aromatic carbocycles. The Labute approximate surface area is 109 Å². The summed E-state index contributed by atoms with van der Waals surface area (Å²) in [5.74, 6) is 0. The van der Waals surface area contributed by atoms with E-state index in [1.807, 2.05) is 0 Å². The average Bonchev–Trinajstić information content (AvgIpc) is 2.74. The molecule has 104 valence electrons. The number of hydrogen-bond donors (Lipinski definition) is 0. The molecule has 2 atom stereocenters. The summed E-state index contributed by atoms with van der Waals surface area (Å²) in [5.41, 5.74) is -0.201. The van der Waals surface area contributed by atoms with Crippen molar-refractivity contribution in [3.63, 3.8) is 0 Å². The molecule has 0 N–H and O–H groups in total. The van der Waals surface area contributed by atoms with E-state index in [1.165, 1.54) is 0 Å². The normalized spacial score (nSPS) is 23.4. The lowest BCUT2D eigenvalue weighted by Gasteiger charge is -2.10. The van der Waals surface area contributed by atoms with Gasteiger partial charge in [0, 0.05) is 12.1 Å². The van der Waals surface area contributed by atoms with E-state index in [9.17, 15) is 18.5 Å². The molecule has 0 aliphatic carbocycles. The van der Waals surface area contributed by atoms with Crippen LogP contribution in [0.1, 0.15) is 6.92 Å². The first kappa shape index (κ1) is 13.9. The first-order valence-electron chi connectivity index (χ1n) is 5.33. The van der Waals surface area contributed by atoms with Crippen LogP contribution in [0.5, 0.6) is 0 Å². The van der Waals surface area contributed by atoms with Gasteiger partial charge in [0.05, 0.1) is 9.82 Å². The van der Waals surface area contributed by atoms with Crippen LogP contribution in [0.4, 0.5) is 5.69 Å². The molecule has 0 saturated carbocycles. The van der Waals surface area contributed by atoms with E-state index in [0.717, 1.165) is 24.3 Å². The third-order valence-corrected chi connectivity index (χ3v) is 3.70. The highest BCUT2D eigenvalue weighted by Crippen LogP contribution is 2.21. The van der Waals surface area contributed by atoms with Crippen molar-refractivity contribution in [2.45, 2.75) is 24.4 Å². The molecule has 0 aromatic heterocycles. The fourth-order valence-corrected chi connectivity index (χ4v) is 2.45. The van der Waals surface area contributed by atoms with Gasteiger partial charge in [-0.15, -0.1) is 0 Å². The summed E-state index contributed by atoms with van der Waals surface area (Å²) in [7, 11) is -4.04. The molecule has 1 saturated heterocycles. The summed E-state index contributed by atoms with van der Waals surface area (Å²) in [6.45, 7) is 1.62. The average molecular weight is 289 g/mol. The van der Waals surface area contributed by atoms with Gasteiger partial charge in [-0.2, -0.15) is 8.42 Å². The second-order valence-electron chi connectivity index (χ2n) is 3.77. The molecule has 1 aromatic rings. The van der Waals surface area contributed by atoms with Gasteiger partial charge in [-0.1, -0.05) is 0 Å². The van der Waals surface area contributed by atoms with Gasteiger partial charge in [-0.3, -0.25) is 10.1 Å². The van der Waals surface area contributed by atoms with E-state index >= 15 is 0 Å². The Morgan fingerprint density at radius 3 is 2.47 bits per heavy atom. The Hall–Kier alpha value is -1.55. The second kappa shape index (κ2) is 5.21. The lowest BCUT2D eigenvalue weighted by Crippen LogP contribution is -2.20. The molecule has 1 aliphatic heterocycles. The Balaban J connectivity index is 2.13. The zero-order chi connectivity index (χ0) is 14.0. The summed E-state index contributed by atoms with van der Waals surface area (Å²) in [5, 5.41) is 10.5. The van der Waals surface area contributed by atoms with Crippen LogP contribution in [0.15, 0.2) is 29.2 Å². The third kappa shape index (κ3) is 3.26. The summed E-state index contributed by atoms with van der Waals surface area (Å²) in [6, 6.07) is 4.38. The summed E-state index contributed by atoms with van der Waals surface area (Å²) >= 11 is 0. The highest BCUT2D eigenvalue weighted by molar-refractivity contribution is 7.86. The Bertz CT molecular complexity index is 568. The molecule has 19 heavy (non-hydrogen) atoms. The number of ether oxygens (including phenoxy) is 2. The quantitative estimate of drug-likeness (QED) is 0.463. The van der Waals surface area contributed by atoms with Gasteiger partial charge in [0.1, 0.15) is 6.61 Å². The van der Waals surface area contributed by atoms with Crippen molar-refractivity contribution in [3.05, 3.63) is 34.4 Å². The molecule has 2 rings (SSSR count). The molecule has 0 amide bonds. The fourth-order valence-electron chi connectivity index (χ4n) is 1.49. The molecule has 1 aliphatic rings. The Morgan fingerprint density at radius 1 is 1.37 bits per heavy atom. The first-order valence-corrected chi connectivity index (χ1v) is 6.74. The first-order chi connectivity index (χ1) is 8.88. The molecule has 8 nitrogen and oxygen atoms in total. The lowest BCUT2D eigenvalue weighted by atomic mass is 10.3. The zero-order valence-electron chi connectivity index (χ0n) is 9.88. The van der Waals surface area contributed by atoms with E-state index in [0.29, 0.717) is 0 Å². The van der Waals surface area contributed by atoms with Crippen molar-refractivity contribution in [1.82, 2.24) is 0 Å². The third-order valence-electron chi connectivity index (χ3n) is 2.38. The van der Waals surface area contributed by atoms with Gasteiger partial charge in [-0.05, 0) is 19.1 Å². The van der Waals surface area contributed by atoms with Crippen LogP contribution in [0, 0.1) is 10.1 Å². The minimum absolute atomic E-state index is 0.00732. The maximum Gasteiger partial charge on any atom is 0.299 e. The summed E-state index contributed by atoms with van der Waals surface area (Å²) < 4.78 is 38.6. The fraction of sp³-hybridized carbons (Fsp3) is 0.400. The van der Waals surface area contributed by atoms with E-state index in [1.54, 1.807) is 6.92 Å². The highest BCUT2D eigenvalue weighted by atomic mass is 32.2. The molecular weight excluding hydrogens is 278 g/mol. The molecular formula is C10H11NO7S. The van der Waals surface area contributed by atoms with Gasteiger partial charge in [0.25, 0.3) is 15.8 Å². The number of non-ortho nitro benzene ring substituents is 1. The molecule has 0 bridgehead atoms. The molecule has 0 radical (unpaired) electrons. The molecule has 0 spiro atoms. The second-order valence-corrected chi connectivity index (χ2v) is 5.34. The minimum atomic E-state index is -4.04. The van der Waals surface area contributed by atoms with Crippen LogP contribution in [0.2, 0.25) is 0 Å². The van der Waals surface area contributed by atoms with Crippen molar-refractivity contribution < 1.29 is 27.0 Å². The van der Waals surface area contributed by atoms with E-state index in [-0.39, 0.29) is 17.2 Å². The van der Waals surface area contributed by atoms with Crippen molar-refractivity contribution in [1.29, 1.82) is 0 Å². The van der Waals surface area contributed by atoms with E-state index in [2.05, 4.69) is 0 Å². The predicted octanol–water partition coefficient (Wildman–Crippen LogP) is 1.02. The largest absolute Gasteiger partial charge is 0.348 e. The van der Waals surface area contributed by atoms with Crippen LogP contribution in [0.25, 0.3) is 0 Å². The van der Waals surface area contributed by atoms with Crippen LogP contribution in [0.3, 0.4) is 0 Å². The number of benzene rings is 1. The minimum Gasteiger partial charge on any atom is -0.348 e. The Morgan fingerprint density at radius 2 is 2.00 bits per heavy atom. The number of rotatable bonds is 4. The maximum atomic E-state index is 11.8. The Kier molecular flexibility index (Phi) is 3.80. The lowest BCUT2D eigenvalue weighted by molar-refractivity contribution is -0.384. The van der Waals surface area contributed by atoms with Crippen LogP contribution < -0.4 is 0 Å². The van der Waals surface area contributed by atoms with Crippen molar-refractivity contribution >= 4 is 15.8 Å². The smallest absolute Gasteiger partial charge is 0.299 e. The molecule has 9 heteroatoms. The standard InChI is InChI=1S/C10H11NO7S/c1-7-16-6-10(17-7)18-19(14,15)9-4-2-8(3-5-9)11(12)13/h2-5,7,10H,6H2,1H3. The van der Waals surface area contributed by atoms with Crippen LogP contribution in [-0.4, -0.2) is 32.5 Å². The number of nitro groups is 1. The molecule has 1 heterocycles. The zero-order valence-corrected chi connectivity index (χ0v) is 10.7. The monoisotopic (exact) mass is 289 g/mol.